The predicted octanol–water partition coefficient (Wildman–Crippen LogP) is 3.59. The van der Waals surface area contributed by atoms with E-state index in [0.29, 0.717) is 23.5 Å². The van der Waals surface area contributed by atoms with Crippen LogP contribution in [0, 0.1) is 0 Å². The number of hydrogen-bond acceptors (Lipinski definition) is 6. The van der Waals surface area contributed by atoms with Crippen molar-refractivity contribution in [3.05, 3.63) is 52.9 Å². The van der Waals surface area contributed by atoms with Crippen molar-refractivity contribution in [2.75, 3.05) is 26.2 Å². The SMILES string of the molecule is CCN(CC)CCOc1cc(O)c2c(=O)c(-c3ccc(O)cc3)coc2c1. The Bertz CT molecular complexity index is 974. The highest BCUT2D eigenvalue weighted by molar-refractivity contribution is 5.88. The number of likely N-dealkylation sites (N-methyl/N-ethyl adjacent to an activating group) is 1. The fourth-order valence-electron chi connectivity index (χ4n) is 2.96. The second-order valence-electron chi connectivity index (χ2n) is 6.22. The van der Waals surface area contributed by atoms with E-state index in [4.69, 9.17) is 9.15 Å². The molecular formula is C21H23NO5. The van der Waals surface area contributed by atoms with E-state index >= 15 is 0 Å². The number of hydrogen-bond donors (Lipinski definition) is 2. The zero-order chi connectivity index (χ0) is 19.4. The molecule has 0 radical (unpaired) electrons. The summed E-state index contributed by atoms with van der Waals surface area (Å²) < 4.78 is 11.3. The summed E-state index contributed by atoms with van der Waals surface area (Å²) in [6.45, 7) is 7.31. The Kier molecular flexibility index (Phi) is 5.66. The lowest BCUT2D eigenvalue weighted by Gasteiger charge is -2.18. The van der Waals surface area contributed by atoms with Crippen LogP contribution in [0.4, 0.5) is 0 Å². The van der Waals surface area contributed by atoms with Gasteiger partial charge in [-0.15, -0.1) is 0 Å². The highest BCUT2D eigenvalue weighted by atomic mass is 16.5. The molecule has 2 N–H and O–H groups in total. The molecule has 0 bridgehead atoms. The fraction of sp³-hybridized carbons (Fsp3) is 0.286. The van der Waals surface area contributed by atoms with E-state index in [0.717, 1.165) is 19.6 Å². The van der Waals surface area contributed by atoms with E-state index in [2.05, 4.69) is 18.7 Å². The van der Waals surface area contributed by atoms with E-state index in [-0.39, 0.29) is 27.9 Å². The van der Waals surface area contributed by atoms with Crippen molar-refractivity contribution in [3.8, 4) is 28.4 Å². The molecule has 2 aromatic carbocycles. The normalized spacial score (nSPS) is 11.2. The minimum Gasteiger partial charge on any atom is -0.508 e. The third-order valence-corrected chi connectivity index (χ3v) is 4.58. The van der Waals surface area contributed by atoms with E-state index < -0.39 is 0 Å². The van der Waals surface area contributed by atoms with Gasteiger partial charge < -0.3 is 24.3 Å². The van der Waals surface area contributed by atoms with Crippen molar-refractivity contribution >= 4 is 11.0 Å². The fourth-order valence-corrected chi connectivity index (χ4v) is 2.96. The van der Waals surface area contributed by atoms with Gasteiger partial charge in [-0.05, 0) is 30.8 Å². The zero-order valence-electron chi connectivity index (χ0n) is 15.4. The smallest absolute Gasteiger partial charge is 0.204 e. The van der Waals surface area contributed by atoms with Crippen LogP contribution in [0.15, 0.2) is 51.9 Å². The standard InChI is InChI=1S/C21H23NO5/c1-3-22(4-2)9-10-26-16-11-18(24)20-19(12-16)27-13-17(21(20)25)14-5-7-15(23)8-6-14/h5-8,11-13,23-24H,3-4,9-10H2,1-2H3. The van der Waals surface area contributed by atoms with Gasteiger partial charge in [-0.2, -0.15) is 0 Å². The summed E-state index contributed by atoms with van der Waals surface area (Å²) in [4.78, 5) is 15.0. The lowest BCUT2D eigenvalue weighted by Crippen LogP contribution is -2.27. The Balaban J connectivity index is 1.90. The van der Waals surface area contributed by atoms with E-state index in [1.165, 1.54) is 24.5 Å². The van der Waals surface area contributed by atoms with Crippen molar-refractivity contribution in [2.24, 2.45) is 0 Å². The lowest BCUT2D eigenvalue weighted by atomic mass is 10.0. The summed E-state index contributed by atoms with van der Waals surface area (Å²) >= 11 is 0. The second-order valence-corrected chi connectivity index (χ2v) is 6.22. The molecule has 3 rings (SSSR count). The number of phenols is 2. The first kappa shape index (κ1) is 18.8. The van der Waals surface area contributed by atoms with Crippen molar-refractivity contribution < 1.29 is 19.4 Å². The molecule has 0 amide bonds. The molecule has 1 heterocycles. The molecule has 0 unspecified atom stereocenters. The summed E-state index contributed by atoms with van der Waals surface area (Å²) in [5.74, 6) is 0.380. The van der Waals surface area contributed by atoms with Gasteiger partial charge in [-0.3, -0.25) is 4.79 Å². The molecule has 6 heteroatoms. The highest BCUT2D eigenvalue weighted by Crippen LogP contribution is 2.30. The molecule has 3 aromatic rings. The molecule has 0 aliphatic heterocycles. The van der Waals surface area contributed by atoms with Crippen LogP contribution in [0.5, 0.6) is 17.2 Å². The number of rotatable bonds is 7. The number of ether oxygens (including phenoxy) is 1. The van der Waals surface area contributed by atoms with Gasteiger partial charge in [0.1, 0.15) is 41.1 Å². The van der Waals surface area contributed by atoms with Crippen LogP contribution in [0.25, 0.3) is 22.1 Å². The summed E-state index contributed by atoms with van der Waals surface area (Å²) in [5.41, 5.74) is 0.838. The summed E-state index contributed by atoms with van der Waals surface area (Å²) in [7, 11) is 0. The minimum atomic E-state index is -0.339. The number of fused-ring (bicyclic) bond motifs is 1. The summed E-state index contributed by atoms with van der Waals surface area (Å²) in [6, 6.07) is 9.27. The van der Waals surface area contributed by atoms with Crippen LogP contribution >= 0.6 is 0 Å². The molecule has 0 aliphatic carbocycles. The van der Waals surface area contributed by atoms with Gasteiger partial charge in [0.25, 0.3) is 0 Å². The molecule has 0 saturated heterocycles. The maximum Gasteiger partial charge on any atom is 0.204 e. The Morgan fingerprint density at radius 3 is 2.44 bits per heavy atom. The van der Waals surface area contributed by atoms with Gasteiger partial charge in [0.15, 0.2) is 0 Å². The van der Waals surface area contributed by atoms with Crippen LogP contribution in [-0.2, 0) is 0 Å². The van der Waals surface area contributed by atoms with Crippen LogP contribution in [0.2, 0.25) is 0 Å². The number of benzene rings is 2. The largest absolute Gasteiger partial charge is 0.508 e. The number of aromatic hydroxyl groups is 2. The van der Waals surface area contributed by atoms with Gasteiger partial charge in [-0.1, -0.05) is 26.0 Å². The zero-order valence-corrected chi connectivity index (χ0v) is 15.4. The molecule has 0 spiro atoms. The van der Waals surface area contributed by atoms with Gasteiger partial charge in [0, 0.05) is 18.7 Å². The monoisotopic (exact) mass is 369 g/mol. The third-order valence-electron chi connectivity index (χ3n) is 4.58. The third kappa shape index (κ3) is 4.06. The molecule has 0 aliphatic rings. The second kappa shape index (κ2) is 8.14. The first-order valence-corrected chi connectivity index (χ1v) is 8.96. The van der Waals surface area contributed by atoms with E-state index in [1.807, 2.05) is 0 Å². The Labute approximate surface area is 157 Å². The van der Waals surface area contributed by atoms with Crippen molar-refractivity contribution in [2.45, 2.75) is 13.8 Å². The van der Waals surface area contributed by atoms with E-state index in [1.54, 1.807) is 18.2 Å². The molecule has 1 aromatic heterocycles. The number of nitrogens with zero attached hydrogens (tertiary/aromatic N) is 1. The van der Waals surface area contributed by atoms with Crippen LogP contribution in [0.3, 0.4) is 0 Å². The highest BCUT2D eigenvalue weighted by Gasteiger charge is 2.14. The van der Waals surface area contributed by atoms with E-state index in [9.17, 15) is 15.0 Å². The topological polar surface area (TPSA) is 83.1 Å². The van der Waals surface area contributed by atoms with Gasteiger partial charge >= 0.3 is 0 Å². The summed E-state index contributed by atoms with van der Waals surface area (Å²) in [5, 5.41) is 19.9. The molecule has 0 atom stereocenters. The maximum absolute atomic E-state index is 12.8. The molecule has 27 heavy (non-hydrogen) atoms. The minimum absolute atomic E-state index is 0.108. The number of phenolic OH excluding ortho intramolecular Hbond substituents is 2. The van der Waals surface area contributed by atoms with Gasteiger partial charge in [0.2, 0.25) is 5.43 Å². The lowest BCUT2D eigenvalue weighted by molar-refractivity contribution is 0.222. The molecule has 0 saturated carbocycles. The van der Waals surface area contributed by atoms with Gasteiger partial charge in [-0.25, -0.2) is 0 Å². The van der Waals surface area contributed by atoms with Crippen LogP contribution in [0.1, 0.15) is 13.8 Å². The quantitative estimate of drug-likeness (QED) is 0.662. The molecule has 0 fully saturated rings. The Morgan fingerprint density at radius 1 is 1.07 bits per heavy atom. The average Bonchev–Trinajstić information content (AvgIpc) is 2.66. The van der Waals surface area contributed by atoms with Crippen LogP contribution in [-0.4, -0.2) is 41.4 Å². The Morgan fingerprint density at radius 2 is 1.78 bits per heavy atom. The molecule has 142 valence electrons. The Hall–Kier alpha value is -2.99. The van der Waals surface area contributed by atoms with Crippen molar-refractivity contribution in [3.63, 3.8) is 0 Å². The van der Waals surface area contributed by atoms with Crippen molar-refractivity contribution in [1.82, 2.24) is 4.90 Å². The predicted molar refractivity (Wildman–Crippen MR) is 105 cm³/mol. The first-order valence-electron chi connectivity index (χ1n) is 8.96. The first-order chi connectivity index (χ1) is 13.0. The van der Waals surface area contributed by atoms with Crippen molar-refractivity contribution in [1.29, 1.82) is 0 Å². The molecule has 6 nitrogen and oxygen atoms in total. The summed E-state index contributed by atoms with van der Waals surface area (Å²) in [6.07, 6.45) is 1.36. The average molecular weight is 369 g/mol. The molecular weight excluding hydrogens is 346 g/mol. The maximum atomic E-state index is 12.8. The van der Waals surface area contributed by atoms with Gasteiger partial charge in [0.05, 0.1) is 5.56 Å². The van der Waals surface area contributed by atoms with Crippen LogP contribution < -0.4 is 10.2 Å².